The molecular formula is C4H8F2O2. The SMILES string of the molecule is OC(CF)OCCF. The molecule has 0 heterocycles. The van der Waals surface area contributed by atoms with E-state index in [1.54, 1.807) is 0 Å². The maximum absolute atomic E-state index is 11.2. The Labute approximate surface area is 46.1 Å². The van der Waals surface area contributed by atoms with Gasteiger partial charge < -0.3 is 9.84 Å². The van der Waals surface area contributed by atoms with Crippen LogP contribution in [0.1, 0.15) is 0 Å². The van der Waals surface area contributed by atoms with Crippen molar-refractivity contribution in [2.75, 3.05) is 20.0 Å². The van der Waals surface area contributed by atoms with Gasteiger partial charge in [0.2, 0.25) is 0 Å². The van der Waals surface area contributed by atoms with Gasteiger partial charge in [0, 0.05) is 0 Å². The Morgan fingerprint density at radius 3 is 2.50 bits per heavy atom. The second-order valence-corrected chi connectivity index (χ2v) is 1.17. The van der Waals surface area contributed by atoms with Crippen molar-refractivity contribution >= 4 is 0 Å². The summed E-state index contributed by atoms with van der Waals surface area (Å²) < 4.78 is 26.5. The monoisotopic (exact) mass is 126 g/mol. The van der Waals surface area contributed by atoms with Crippen LogP contribution in [-0.4, -0.2) is 31.4 Å². The molecule has 4 heteroatoms. The number of hydrogen-bond donors (Lipinski definition) is 1. The number of ether oxygens (including phenoxy) is 1. The minimum atomic E-state index is -1.45. The second kappa shape index (κ2) is 4.93. The van der Waals surface area contributed by atoms with Crippen molar-refractivity contribution in [3.8, 4) is 0 Å². The Balaban J connectivity index is 2.86. The number of hydrogen-bond acceptors (Lipinski definition) is 2. The molecule has 0 aromatic carbocycles. The van der Waals surface area contributed by atoms with Crippen molar-refractivity contribution in [3.63, 3.8) is 0 Å². The van der Waals surface area contributed by atoms with Gasteiger partial charge in [-0.1, -0.05) is 0 Å². The summed E-state index contributed by atoms with van der Waals surface area (Å²) in [5.74, 6) is 0. The first-order chi connectivity index (χ1) is 3.81. The molecule has 50 valence electrons. The van der Waals surface area contributed by atoms with Crippen molar-refractivity contribution in [1.82, 2.24) is 0 Å². The van der Waals surface area contributed by atoms with E-state index < -0.39 is 19.6 Å². The zero-order valence-corrected chi connectivity index (χ0v) is 4.31. The maximum atomic E-state index is 11.2. The molecule has 8 heavy (non-hydrogen) atoms. The van der Waals surface area contributed by atoms with E-state index in [9.17, 15) is 8.78 Å². The zero-order chi connectivity index (χ0) is 6.41. The third-order valence-corrected chi connectivity index (χ3v) is 0.519. The summed E-state index contributed by atoms with van der Waals surface area (Å²) in [5, 5.41) is 8.23. The molecule has 0 aliphatic carbocycles. The topological polar surface area (TPSA) is 29.5 Å². The second-order valence-electron chi connectivity index (χ2n) is 1.17. The number of rotatable bonds is 4. The van der Waals surface area contributed by atoms with Crippen LogP contribution < -0.4 is 0 Å². The summed E-state index contributed by atoms with van der Waals surface area (Å²) in [6.45, 7) is -1.93. The summed E-state index contributed by atoms with van der Waals surface area (Å²) in [6, 6.07) is 0. The van der Waals surface area contributed by atoms with Gasteiger partial charge in [-0.3, -0.25) is 0 Å². The number of aliphatic hydroxyl groups is 1. The number of alkyl halides is 2. The molecule has 0 aromatic heterocycles. The van der Waals surface area contributed by atoms with Gasteiger partial charge in [-0.15, -0.1) is 0 Å². The van der Waals surface area contributed by atoms with Crippen LogP contribution in [0.25, 0.3) is 0 Å². The molecule has 0 saturated carbocycles. The molecule has 0 spiro atoms. The summed E-state index contributed by atoms with van der Waals surface area (Å²) in [6.07, 6.45) is -1.45. The van der Waals surface area contributed by atoms with Gasteiger partial charge in [0.1, 0.15) is 13.3 Å². The largest absolute Gasteiger partial charge is 0.366 e. The molecule has 1 unspecified atom stereocenters. The van der Waals surface area contributed by atoms with E-state index in [4.69, 9.17) is 5.11 Å². The van der Waals surface area contributed by atoms with Gasteiger partial charge in [0.25, 0.3) is 0 Å². The van der Waals surface area contributed by atoms with Crippen LogP contribution in [0.5, 0.6) is 0 Å². The van der Waals surface area contributed by atoms with Crippen LogP contribution in [0.15, 0.2) is 0 Å². The van der Waals surface area contributed by atoms with Crippen LogP contribution in [0.3, 0.4) is 0 Å². The van der Waals surface area contributed by atoms with E-state index in [1.807, 2.05) is 0 Å². The van der Waals surface area contributed by atoms with Crippen molar-refractivity contribution < 1.29 is 18.6 Å². The van der Waals surface area contributed by atoms with Crippen LogP contribution in [0.2, 0.25) is 0 Å². The molecule has 0 saturated heterocycles. The van der Waals surface area contributed by atoms with Gasteiger partial charge >= 0.3 is 0 Å². The Morgan fingerprint density at radius 1 is 1.50 bits per heavy atom. The molecule has 0 rings (SSSR count). The summed E-state index contributed by atoms with van der Waals surface area (Å²) in [7, 11) is 0. The van der Waals surface area contributed by atoms with Crippen LogP contribution >= 0.6 is 0 Å². The summed E-state index contributed by atoms with van der Waals surface area (Å²) in [4.78, 5) is 0. The molecule has 0 bridgehead atoms. The zero-order valence-electron chi connectivity index (χ0n) is 4.31. The highest BCUT2D eigenvalue weighted by atomic mass is 19.1. The van der Waals surface area contributed by atoms with Crippen molar-refractivity contribution in [1.29, 1.82) is 0 Å². The van der Waals surface area contributed by atoms with Crippen LogP contribution in [0, 0.1) is 0 Å². The minimum Gasteiger partial charge on any atom is -0.366 e. The average Bonchev–Trinajstić information content (AvgIpc) is 1.83. The fourth-order valence-electron chi connectivity index (χ4n) is 0.225. The predicted octanol–water partition coefficient (Wildman–Crippen LogP) is 0.260. The van der Waals surface area contributed by atoms with E-state index in [1.165, 1.54) is 0 Å². The van der Waals surface area contributed by atoms with Crippen LogP contribution in [-0.2, 0) is 4.74 Å². The van der Waals surface area contributed by atoms with Crippen molar-refractivity contribution in [2.45, 2.75) is 6.29 Å². The average molecular weight is 126 g/mol. The molecule has 0 aliphatic rings. The van der Waals surface area contributed by atoms with Gasteiger partial charge in [-0.05, 0) is 0 Å². The quantitative estimate of drug-likeness (QED) is 0.547. The molecule has 0 amide bonds. The first-order valence-corrected chi connectivity index (χ1v) is 2.23. The Bertz CT molecular complexity index is 51.3. The highest BCUT2D eigenvalue weighted by Crippen LogP contribution is 1.86. The smallest absolute Gasteiger partial charge is 0.183 e. The lowest BCUT2D eigenvalue weighted by Gasteiger charge is -2.03. The van der Waals surface area contributed by atoms with E-state index in [2.05, 4.69) is 4.74 Å². The van der Waals surface area contributed by atoms with Crippen LogP contribution in [0.4, 0.5) is 8.78 Å². The van der Waals surface area contributed by atoms with Gasteiger partial charge in [-0.25, -0.2) is 8.78 Å². The van der Waals surface area contributed by atoms with E-state index in [0.717, 1.165) is 0 Å². The van der Waals surface area contributed by atoms with Gasteiger partial charge in [0.05, 0.1) is 6.61 Å². The summed E-state index contributed by atoms with van der Waals surface area (Å²) >= 11 is 0. The van der Waals surface area contributed by atoms with E-state index >= 15 is 0 Å². The molecule has 0 aliphatic heterocycles. The fourth-order valence-corrected chi connectivity index (χ4v) is 0.225. The fraction of sp³-hybridized carbons (Fsp3) is 1.00. The molecular weight excluding hydrogens is 118 g/mol. The van der Waals surface area contributed by atoms with Gasteiger partial charge in [0.15, 0.2) is 6.29 Å². The minimum absolute atomic E-state index is 0.245. The molecule has 0 aromatic rings. The molecule has 2 nitrogen and oxygen atoms in total. The lowest BCUT2D eigenvalue weighted by Crippen LogP contribution is -2.15. The lowest BCUT2D eigenvalue weighted by atomic mass is 10.7. The maximum Gasteiger partial charge on any atom is 0.183 e. The van der Waals surface area contributed by atoms with E-state index in [-0.39, 0.29) is 6.61 Å². The molecule has 0 radical (unpaired) electrons. The van der Waals surface area contributed by atoms with Gasteiger partial charge in [-0.2, -0.15) is 0 Å². The third-order valence-electron chi connectivity index (χ3n) is 0.519. The number of halogens is 2. The van der Waals surface area contributed by atoms with Crippen molar-refractivity contribution in [3.05, 3.63) is 0 Å². The highest BCUT2D eigenvalue weighted by Gasteiger charge is 1.99. The first-order valence-electron chi connectivity index (χ1n) is 2.23. The third kappa shape index (κ3) is 3.95. The molecule has 1 N–H and O–H groups in total. The number of aliphatic hydroxyl groups excluding tert-OH is 1. The normalized spacial score (nSPS) is 13.9. The highest BCUT2D eigenvalue weighted by molar-refractivity contribution is 4.33. The Hall–Kier alpha value is -0.220. The van der Waals surface area contributed by atoms with Crippen molar-refractivity contribution in [2.24, 2.45) is 0 Å². The Morgan fingerprint density at radius 2 is 2.12 bits per heavy atom. The molecule has 1 atom stereocenters. The van der Waals surface area contributed by atoms with E-state index in [0.29, 0.717) is 0 Å². The standard InChI is InChI=1S/C4H8F2O2/c5-1-2-8-4(7)3-6/h4,7H,1-3H2. The Kier molecular flexibility index (Phi) is 4.79. The summed E-state index contributed by atoms with van der Waals surface area (Å²) in [5.41, 5.74) is 0. The molecule has 0 fully saturated rings. The lowest BCUT2D eigenvalue weighted by molar-refractivity contribution is -0.112. The predicted molar refractivity (Wildman–Crippen MR) is 23.9 cm³/mol. The first kappa shape index (κ1) is 7.78.